The van der Waals surface area contributed by atoms with E-state index in [1.54, 1.807) is 0 Å². The molecule has 0 bridgehead atoms. The van der Waals surface area contributed by atoms with Gasteiger partial charge in [0, 0.05) is 52.6 Å². The number of fused-ring (bicyclic) bond motifs is 6. The summed E-state index contributed by atoms with van der Waals surface area (Å²) in [7, 11) is -11.7. The molecule has 0 atom stereocenters. The molecule has 0 unspecified atom stereocenters. The van der Waals surface area contributed by atoms with Crippen molar-refractivity contribution >= 4 is 72.3 Å². The zero-order chi connectivity index (χ0) is 76.0. The molecule has 6 aromatic rings. The number of phosphoric acid groups is 3. The predicted octanol–water partition coefficient (Wildman–Crippen LogP) is 22.1. The summed E-state index contributed by atoms with van der Waals surface area (Å²) < 4.78 is 95.8. The Kier molecular flexibility index (Phi) is 28.2. The Morgan fingerprint density at radius 2 is 0.476 bits per heavy atom. The van der Waals surface area contributed by atoms with Gasteiger partial charge in [0.1, 0.15) is 34.5 Å². The van der Waals surface area contributed by atoms with E-state index in [1.165, 1.54) is 22.3 Å². The molecule has 0 aliphatic carbocycles. The Morgan fingerprint density at radius 1 is 0.301 bits per heavy atom. The van der Waals surface area contributed by atoms with E-state index in [0.717, 1.165) is 111 Å². The van der Waals surface area contributed by atoms with Gasteiger partial charge in [-0.1, -0.05) is 305 Å². The van der Waals surface area contributed by atoms with Crippen molar-refractivity contribution in [1.29, 1.82) is 0 Å². The first-order valence-electron chi connectivity index (χ1n) is 35.5. The Labute approximate surface area is 645 Å². The van der Waals surface area contributed by atoms with Crippen LogP contribution in [0.1, 0.15) is 315 Å². The maximum Gasteiger partial charge on any atom is 0.558 e. The van der Waals surface area contributed by atoms with Crippen molar-refractivity contribution in [1.82, 2.24) is 0 Å². The van der Waals surface area contributed by atoms with E-state index in [9.17, 15) is 13.7 Å². The topological polar surface area (TPSA) is 197 Å². The number of aryl methyl sites for hydroxylation is 2. The molecule has 0 saturated heterocycles. The average molecular weight is 1520 g/mol. The van der Waals surface area contributed by atoms with Crippen LogP contribution in [0.5, 0.6) is 34.5 Å². The monoisotopic (exact) mass is 1520 g/mol. The first-order chi connectivity index (χ1) is 45.0. The largest absolute Gasteiger partial charge is 0.558 e. The zero-order valence-corrected chi connectivity index (χ0v) is 75.3. The second kappa shape index (κ2) is 31.7. The zero-order valence-electron chi connectivity index (χ0n) is 68.4. The number of benzene rings is 6. The summed E-state index contributed by atoms with van der Waals surface area (Å²) in [5, 5.41) is 0. The van der Waals surface area contributed by atoms with E-state index in [-0.39, 0.29) is 72.5 Å². The number of hydrogen-bond acceptors (Lipinski definition) is 12. The van der Waals surface area contributed by atoms with Crippen molar-refractivity contribution in [2.45, 2.75) is 308 Å². The predicted molar refractivity (Wildman–Crippen MR) is 435 cm³/mol. The van der Waals surface area contributed by atoms with Gasteiger partial charge in [0.15, 0.2) is 0 Å². The number of hydrogen-bond donors (Lipinski definition) is 0. The van der Waals surface area contributed by atoms with Crippen LogP contribution >= 0.6 is 23.5 Å². The molecule has 2 radical (unpaired) electrons. The smallest absolute Gasteiger partial charge is 0.412 e. The van der Waals surface area contributed by atoms with E-state index in [1.807, 2.05) is 5.79 Å². The third-order valence-electron chi connectivity index (χ3n) is 18.6. The Balaban J connectivity index is 0.000000324. The standard InChI is InChI=1S/2C29H43O4P.C23H31O4P.CH4.CH3.3Al.2H2O.3H/c2*1-26(2,3)20-14-18-13-19-15-21(27(4,5)6)17-23(29(10,11)12)25(19)33-34(30,31)32-24(18)22(16-20)28(7,8)9;1-14-9-16-13-17-10-15(2)12-19(23(6,7)8)21(17)27-28(24,25)26-20(16)18(11-14)22(3,4)5;;;;;;;;;;/h2*14-17H,13H2,1-12H3,(H,30,31);9-12H,13H2,1-8H3,(H,24,25);1H4;1H3;;;;2*1H2;;;/q;;;;;3*+1;;;;;/p-3. The molecule has 103 heavy (non-hydrogen) atoms. The second-order valence-corrected chi connectivity index (χ2v) is 45.7. The summed E-state index contributed by atoms with van der Waals surface area (Å²) in [4.78, 5) is 0. The number of rotatable bonds is 4. The van der Waals surface area contributed by atoms with Crippen LogP contribution in [0.15, 0.2) is 72.8 Å². The van der Waals surface area contributed by atoms with Crippen LogP contribution in [0.3, 0.4) is 0 Å². The van der Waals surface area contributed by atoms with Crippen LogP contribution < -0.4 is 27.1 Å². The fraction of sp³-hybridized carbons (Fsp3) is 0.566. The van der Waals surface area contributed by atoms with E-state index in [0.29, 0.717) is 53.8 Å². The minimum atomic E-state index is -3.92. The lowest BCUT2D eigenvalue weighted by Crippen LogP contribution is -2.23. The van der Waals surface area contributed by atoms with Crippen LogP contribution in [-0.4, -0.2) is 59.8 Å². The van der Waals surface area contributed by atoms with Gasteiger partial charge >= 0.3 is 72.3 Å². The minimum absolute atomic E-state index is 0. The molecule has 3 aliphatic heterocycles. The summed E-state index contributed by atoms with van der Waals surface area (Å²) in [6.45, 7) is 69.6. The molecule has 0 aromatic heterocycles. The molecule has 3 heterocycles. The van der Waals surface area contributed by atoms with Crippen molar-refractivity contribution in [2.24, 2.45) is 0 Å². The third-order valence-corrected chi connectivity index (χ3v) is 25.8. The molecule has 0 saturated carbocycles. The summed E-state index contributed by atoms with van der Waals surface area (Å²) in [5.41, 5.74) is 18.0. The summed E-state index contributed by atoms with van der Waals surface area (Å²) in [6, 6.07) is 26.1. The van der Waals surface area contributed by atoms with Crippen molar-refractivity contribution in [2.75, 3.05) is 0 Å². The van der Waals surface area contributed by atoms with Gasteiger partial charge < -0.3 is 48.8 Å². The van der Waals surface area contributed by atoms with Gasteiger partial charge in [0.25, 0.3) is 0 Å². The lowest BCUT2D eigenvalue weighted by Gasteiger charge is -2.35. The van der Waals surface area contributed by atoms with E-state index in [2.05, 4.69) is 294 Å². The molecule has 9 rings (SSSR count). The Bertz CT molecular complexity index is 3970. The van der Waals surface area contributed by atoms with Crippen LogP contribution in [0.2, 0.25) is 5.79 Å². The number of phosphoric ester groups is 3. The molecule has 4 N–H and O–H groups in total. The van der Waals surface area contributed by atoms with Crippen molar-refractivity contribution in [3.05, 3.63) is 173 Å². The average Bonchev–Trinajstić information content (AvgIpc) is 0.754. The maximum atomic E-state index is 14.2. The molecule has 14 nitrogen and oxygen atoms in total. The first kappa shape index (κ1) is 91.6. The van der Waals surface area contributed by atoms with Crippen LogP contribution in [0.4, 0.5) is 0 Å². The lowest BCUT2D eigenvalue weighted by atomic mass is 9.76. The highest BCUT2D eigenvalue weighted by Crippen LogP contribution is 2.61. The molecule has 0 spiro atoms. The van der Waals surface area contributed by atoms with Crippen LogP contribution in [-0.2, 0) is 97.8 Å². The quantitative estimate of drug-likeness (QED) is 0.120. The lowest BCUT2D eigenvalue weighted by molar-refractivity contribution is 0.293. The van der Waals surface area contributed by atoms with Gasteiger partial charge in [0.05, 0.1) is 0 Å². The molecule has 6 aromatic carbocycles. The molecule has 20 heteroatoms. The first-order valence-corrected chi connectivity index (χ1v) is 43.1. The maximum absolute atomic E-state index is 14.2. The van der Waals surface area contributed by atoms with Crippen molar-refractivity contribution < 1.29 is 62.5 Å². The molecule has 0 amide bonds. The Morgan fingerprint density at radius 3 is 0.641 bits per heavy atom. The van der Waals surface area contributed by atoms with E-state index in [4.69, 9.17) is 37.9 Å². The molecular formula is C83H128Al3O14P3. The van der Waals surface area contributed by atoms with Crippen molar-refractivity contribution in [3.8, 4) is 34.5 Å². The van der Waals surface area contributed by atoms with Crippen molar-refractivity contribution in [3.63, 3.8) is 0 Å². The normalized spacial score (nSPS) is 15.7. The second-order valence-electron chi connectivity index (χ2n) is 38.2. The summed E-state index contributed by atoms with van der Waals surface area (Å²) in [6.07, 6.45) is 1.90. The van der Waals surface area contributed by atoms with Gasteiger partial charge in [-0.05, 0) is 124 Å². The van der Waals surface area contributed by atoms with E-state index < -0.39 is 39.0 Å². The van der Waals surface area contributed by atoms with Crippen LogP contribution in [0.25, 0.3) is 0 Å². The van der Waals surface area contributed by atoms with Gasteiger partial charge in [-0.15, -0.1) is 0 Å². The highest BCUT2D eigenvalue weighted by atomic mass is 31.2. The molecule has 568 valence electrons. The van der Waals surface area contributed by atoms with Gasteiger partial charge in [-0.2, -0.15) is 0 Å². The molecule has 3 aliphatic rings. The molecule has 0 fully saturated rings. The fourth-order valence-electron chi connectivity index (χ4n) is 12.6. The van der Waals surface area contributed by atoms with Gasteiger partial charge in [-0.3, -0.25) is 0 Å². The van der Waals surface area contributed by atoms with Gasteiger partial charge in [-0.25, -0.2) is 13.7 Å². The Hall–Kier alpha value is -3.79. The van der Waals surface area contributed by atoms with Crippen LogP contribution in [0, 0.1) is 13.8 Å². The fourth-order valence-corrected chi connectivity index (χ4v) is 17.9. The molecular weight excluding hydrogens is 1390 g/mol. The SMILES string of the molecule is C.CC(C)(C)c1cc2c(c(C(C)(C)C)c1)OP(=O)([O][AlH])Oc1c(cc(C(C)(C)C)cc1C(C)(C)C)C2.Cc1cc2c(c(C(C)(C)C)c1)OP(=O)([O][AlH])Oc1c(cc(C)cc1C(C)(C)C)C2.O.O.[CH3][AlH][O]P1(=O)Oc2c(cc(C(C)(C)C)cc2C(C)(C)C)Cc2cc(C(C)(C)C)cc(C(C)(C)C)c2O1. The highest BCUT2D eigenvalue weighted by molar-refractivity contribution is 7.51. The van der Waals surface area contributed by atoms with E-state index >= 15 is 0 Å². The highest BCUT2D eigenvalue weighted by Gasteiger charge is 2.43. The van der Waals surface area contributed by atoms with Gasteiger partial charge in [0.2, 0.25) is 0 Å². The summed E-state index contributed by atoms with van der Waals surface area (Å²) >= 11 is 1.22. The summed E-state index contributed by atoms with van der Waals surface area (Å²) in [5.74, 6) is 5.70. The third kappa shape index (κ3) is 21.8. The minimum Gasteiger partial charge on any atom is -0.412 e.